The Labute approximate surface area is 180 Å². The maximum absolute atomic E-state index is 12.3. The van der Waals surface area contributed by atoms with Gasteiger partial charge in [-0.1, -0.05) is 23.2 Å². The third-order valence-electron chi connectivity index (χ3n) is 4.03. The van der Waals surface area contributed by atoms with Crippen molar-refractivity contribution in [1.29, 1.82) is 0 Å². The third-order valence-corrected chi connectivity index (χ3v) is 6.60. The van der Waals surface area contributed by atoms with Gasteiger partial charge in [-0.2, -0.15) is 0 Å². The molecule has 4 rings (SSSR count). The highest BCUT2D eigenvalue weighted by Gasteiger charge is 2.16. The number of rotatable bonds is 5. The smallest absolute Gasteiger partial charge is 0.226 e. The topological polar surface area (TPSA) is 60.5 Å². The summed E-state index contributed by atoms with van der Waals surface area (Å²) in [5.74, 6) is 1.08. The lowest BCUT2D eigenvalue weighted by molar-refractivity contribution is -0.120. The standard InChI is InChI=1S/C19H16Cl2N2O3S2/c20-13-6-11(7-14-18(13)26-5-1-4-25-14)9-22-17(24)8-12-10-27-19(23-12)15-2-3-16(21)28-15/h2-3,6-7,10H,1,4-5,8-9H2,(H,22,24). The van der Waals surface area contributed by atoms with Crippen molar-refractivity contribution in [3.05, 3.63) is 50.3 Å². The average Bonchev–Trinajstić information content (AvgIpc) is 3.23. The van der Waals surface area contributed by atoms with Gasteiger partial charge in [0.05, 0.1) is 39.6 Å². The summed E-state index contributed by atoms with van der Waals surface area (Å²) >= 11 is 15.2. The van der Waals surface area contributed by atoms with Gasteiger partial charge >= 0.3 is 0 Å². The second-order valence-electron chi connectivity index (χ2n) is 6.16. The van der Waals surface area contributed by atoms with Crippen molar-refractivity contribution in [3.63, 3.8) is 0 Å². The van der Waals surface area contributed by atoms with E-state index in [1.54, 1.807) is 6.07 Å². The maximum atomic E-state index is 12.3. The van der Waals surface area contributed by atoms with E-state index in [2.05, 4.69) is 10.3 Å². The van der Waals surface area contributed by atoms with Crippen LogP contribution in [0.15, 0.2) is 29.6 Å². The monoisotopic (exact) mass is 454 g/mol. The molecule has 3 aromatic rings. The molecule has 28 heavy (non-hydrogen) atoms. The summed E-state index contributed by atoms with van der Waals surface area (Å²) in [6.07, 6.45) is 1.03. The van der Waals surface area contributed by atoms with Crippen molar-refractivity contribution in [2.45, 2.75) is 19.4 Å². The molecule has 0 radical (unpaired) electrons. The molecule has 3 heterocycles. The van der Waals surface area contributed by atoms with Crippen molar-refractivity contribution < 1.29 is 14.3 Å². The van der Waals surface area contributed by atoms with Crippen molar-refractivity contribution in [2.75, 3.05) is 13.2 Å². The van der Waals surface area contributed by atoms with Crippen LogP contribution in [-0.4, -0.2) is 24.1 Å². The fourth-order valence-electron chi connectivity index (χ4n) is 2.74. The Morgan fingerprint density at radius 3 is 2.89 bits per heavy atom. The number of carbonyl (C=O) groups is 1. The lowest BCUT2D eigenvalue weighted by Crippen LogP contribution is -2.24. The van der Waals surface area contributed by atoms with Gasteiger partial charge in [-0.3, -0.25) is 4.79 Å². The molecule has 0 saturated carbocycles. The van der Waals surface area contributed by atoms with Crippen molar-refractivity contribution >= 4 is 51.8 Å². The normalized spacial score (nSPS) is 13.2. The lowest BCUT2D eigenvalue weighted by Gasteiger charge is -2.12. The predicted molar refractivity (Wildman–Crippen MR) is 113 cm³/mol. The van der Waals surface area contributed by atoms with E-state index in [1.807, 2.05) is 23.6 Å². The molecule has 1 N–H and O–H groups in total. The molecule has 1 aliphatic heterocycles. The van der Waals surface area contributed by atoms with Crippen LogP contribution in [0.4, 0.5) is 0 Å². The van der Waals surface area contributed by atoms with E-state index < -0.39 is 0 Å². The van der Waals surface area contributed by atoms with Gasteiger partial charge in [0.2, 0.25) is 5.91 Å². The molecule has 146 valence electrons. The number of halogens is 2. The van der Waals surface area contributed by atoms with E-state index in [0.717, 1.165) is 31.9 Å². The highest BCUT2D eigenvalue weighted by molar-refractivity contribution is 7.23. The minimum Gasteiger partial charge on any atom is -0.489 e. The van der Waals surface area contributed by atoms with Crippen LogP contribution in [0, 0.1) is 0 Å². The van der Waals surface area contributed by atoms with E-state index in [1.165, 1.54) is 22.7 Å². The number of nitrogens with one attached hydrogen (secondary N) is 1. The minimum absolute atomic E-state index is 0.107. The number of amides is 1. The van der Waals surface area contributed by atoms with Crippen LogP contribution < -0.4 is 14.8 Å². The molecule has 0 bridgehead atoms. The molecule has 0 unspecified atom stereocenters. The number of thiazole rings is 1. The van der Waals surface area contributed by atoms with Crippen molar-refractivity contribution in [3.8, 4) is 21.4 Å². The number of hydrogen-bond donors (Lipinski definition) is 1. The number of benzene rings is 1. The summed E-state index contributed by atoms with van der Waals surface area (Å²) in [6.45, 7) is 1.52. The molecular formula is C19H16Cl2N2O3S2. The number of ether oxygens (including phenoxy) is 2. The summed E-state index contributed by atoms with van der Waals surface area (Å²) in [5.41, 5.74) is 1.59. The number of thiophene rings is 1. The van der Waals surface area contributed by atoms with Gasteiger partial charge < -0.3 is 14.8 Å². The summed E-state index contributed by atoms with van der Waals surface area (Å²) in [6, 6.07) is 7.42. The Balaban J connectivity index is 1.37. The maximum Gasteiger partial charge on any atom is 0.226 e. The first-order valence-electron chi connectivity index (χ1n) is 8.63. The van der Waals surface area contributed by atoms with Gasteiger partial charge in [0.1, 0.15) is 5.01 Å². The molecule has 0 spiro atoms. The molecule has 9 heteroatoms. The van der Waals surface area contributed by atoms with E-state index in [4.69, 9.17) is 32.7 Å². The molecule has 0 aliphatic carbocycles. The fourth-order valence-corrected chi connectivity index (χ4v) is 4.97. The van der Waals surface area contributed by atoms with Crippen LogP contribution in [0.5, 0.6) is 11.5 Å². The third kappa shape index (κ3) is 4.60. The summed E-state index contributed by atoms with van der Waals surface area (Å²) in [4.78, 5) is 17.8. The molecular weight excluding hydrogens is 439 g/mol. The average molecular weight is 455 g/mol. The minimum atomic E-state index is -0.107. The largest absolute Gasteiger partial charge is 0.489 e. The SMILES string of the molecule is O=C(Cc1csc(-c2ccc(Cl)s2)n1)NCc1cc(Cl)c2c(c1)OCCCO2. The summed E-state index contributed by atoms with van der Waals surface area (Å²) < 4.78 is 12.0. The highest BCUT2D eigenvalue weighted by Crippen LogP contribution is 2.38. The molecule has 0 atom stereocenters. The van der Waals surface area contributed by atoms with Crippen molar-refractivity contribution in [2.24, 2.45) is 0 Å². The fraction of sp³-hybridized carbons (Fsp3) is 0.263. The zero-order valence-corrected chi connectivity index (χ0v) is 17.8. The van der Waals surface area contributed by atoms with Gasteiger partial charge in [0, 0.05) is 18.3 Å². The lowest BCUT2D eigenvalue weighted by atomic mass is 10.2. The predicted octanol–water partition coefficient (Wildman–Crippen LogP) is 5.20. The molecule has 1 aromatic carbocycles. The van der Waals surface area contributed by atoms with Gasteiger partial charge in [0.15, 0.2) is 11.5 Å². The first kappa shape index (κ1) is 19.5. The number of hydrogen-bond acceptors (Lipinski definition) is 6. The summed E-state index contributed by atoms with van der Waals surface area (Å²) in [5, 5.41) is 6.16. The number of carbonyl (C=O) groups excluding carboxylic acids is 1. The summed E-state index contributed by atoms with van der Waals surface area (Å²) in [7, 11) is 0. The Morgan fingerprint density at radius 2 is 2.07 bits per heavy atom. The van der Waals surface area contributed by atoms with Crippen LogP contribution in [0.25, 0.3) is 9.88 Å². The number of aromatic nitrogens is 1. The second-order valence-corrected chi connectivity index (χ2v) is 9.14. The molecule has 0 fully saturated rings. The first-order chi connectivity index (χ1) is 13.6. The van der Waals surface area contributed by atoms with Crippen LogP contribution in [0.3, 0.4) is 0 Å². The van der Waals surface area contributed by atoms with E-state index in [0.29, 0.717) is 36.3 Å². The molecule has 0 saturated heterocycles. The van der Waals surface area contributed by atoms with E-state index in [9.17, 15) is 4.79 Å². The second kappa shape index (κ2) is 8.69. The Kier molecular flexibility index (Phi) is 6.06. The number of fused-ring (bicyclic) bond motifs is 1. The van der Waals surface area contributed by atoms with Crippen molar-refractivity contribution in [1.82, 2.24) is 10.3 Å². The quantitative estimate of drug-likeness (QED) is 0.575. The van der Waals surface area contributed by atoms with E-state index in [-0.39, 0.29) is 12.3 Å². The molecule has 1 amide bonds. The van der Waals surface area contributed by atoms with Gasteiger partial charge in [-0.05, 0) is 29.8 Å². The molecule has 5 nitrogen and oxygen atoms in total. The first-order valence-corrected chi connectivity index (χ1v) is 11.1. The molecule has 1 aliphatic rings. The Hall–Kier alpha value is -1.80. The number of nitrogens with zero attached hydrogens (tertiary/aromatic N) is 1. The highest BCUT2D eigenvalue weighted by atomic mass is 35.5. The zero-order chi connectivity index (χ0) is 19.5. The van der Waals surface area contributed by atoms with Crippen LogP contribution in [-0.2, 0) is 17.8 Å². The van der Waals surface area contributed by atoms with Crippen LogP contribution in [0.2, 0.25) is 9.36 Å². The zero-order valence-electron chi connectivity index (χ0n) is 14.7. The van der Waals surface area contributed by atoms with E-state index >= 15 is 0 Å². The van der Waals surface area contributed by atoms with Gasteiger partial charge in [-0.25, -0.2) is 4.98 Å². The Bertz CT molecular complexity index is 1000. The Morgan fingerprint density at radius 1 is 1.21 bits per heavy atom. The van der Waals surface area contributed by atoms with Crippen LogP contribution in [0.1, 0.15) is 17.7 Å². The molecule has 2 aromatic heterocycles. The van der Waals surface area contributed by atoms with Crippen LogP contribution >= 0.6 is 45.9 Å². The van der Waals surface area contributed by atoms with Gasteiger partial charge in [0.25, 0.3) is 0 Å². The van der Waals surface area contributed by atoms with Gasteiger partial charge in [-0.15, -0.1) is 22.7 Å².